The minimum atomic E-state index is -0.543. The number of rotatable bonds is 1. The van der Waals surface area contributed by atoms with Crippen LogP contribution in [0, 0.1) is 5.82 Å². The molecule has 0 aliphatic carbocycles. The van der Waals surface area contributed by atoms with Gasteiger partial charge in [-0.25, -0.2) is 4.39 Å². The summed E-state index contributed by atoms with van der Waals surface area (Å²) in [7, 11) is 0. The number of hydrogen-bond donors (Lipinski definition) is 1. The monoisotopic (exact) mass is 299 g/mol. The van der Waals surface area contributed by atoms with Crippen LogP contribution in [0.2, 0.25) is 0 Å². The molecule has 0 bridgehead atoms. The van der Waals surface area contributed by atoms with Crippen LogP contribution in [0.1, 0.15) is 6.42 Å². The van der Waals surface area contributed by atoms with Gasteiger partial charge in [-0.3, -0.25) is 4.79 Å². The van der Waals surface area contributed by atoms with Crippen LogP contribution in [0.25, 0.3) is 21.9 Å². The smallest absolute Gasteiger partial charge is 0.200 e. The molecule has 0 saturated carbocycles. The van der Waals surface area contributed by atoms with E-state index >= 15 is 0 Å². The van der Waals surface area contributed by atoms with Crippen LogP contribution in [-0.2, 0) is 0 Å². The second kappa shape index (κ2) is 4.81. The molecule has 3 aromatic rings. The molecule has 2 heterocycles. The minimum Gasteiger partial charge on any atom is -0.453 e. The zero-order chi connectivity index (χ0) is 15.3. The highest BCUT2D eigenvalue weighted by Gasteiger charge is 2.21. The summed E-state index contributed by atoms with van der Waals surface area (Å²) in [5.74, 6) is -0.543. The first-order valence-corrected chi connectivity index (χ1v) is 7.21. The second-order valence-electron chi connectivity index (χ2n) is 5.62. The van der Waals surface area contributed by atoms with Gasteiger partial charge >= 0.3 is 0 Å². The lowest BCUT2D eigenvalue weighted by Gasteiger charge is -2.17. The SMILES string of the molecule is O=c1c2ccc(N3CC[C@H](O)C3)cc2oc2c(F)cccc12. The number of halogens is 1. The summed E-state index contributed by atoms with van der Waals surface area (Å²) in [6, 6.07) is 9.61. The molecule has 1 aromatic heterocycles. The van der Waals surface area contributed by atoms with Crippen molar-refractivity contribution in [3.8, 4) is 0 Å². The normalized spacial score (nSPS) is 18.5. The molecule has 5 heteroatoms. The van der Waals surface area contributed by atoms with E-state index in [1.54, 1.807) is 18.2 Å². The highest BCUT2D eigenvalue weighted by molar-refractivity contribution is 5.91. The fraction of sp³-hybridized carbons (Fsp3) is 0.235. The van der Waals surface area contributed by atoms with Crippen LogP contribution in [0.15, 0.2) is 45.6 Å². The van der Waals surface area contributed by atoms with E-state index in [1.165, 1.54) is 12.1 Å². The molecule has 0 radical (unpaired) electrons. The minimum absolute atomic E-state index is 0.0152. The third-order valence-electron chi connectivity index (χ3n) is 4.16. The van der Waals surface area contributed by atoms with Crippen molar-refractivity contribution in [3.63, 3.8) is 0 Å². The van der Waals surface area contributed by atoms with Gasteiger partial charge in [0.2, 0.25) is 5.43 Å². The summed E-state index contributed by atoms with van der Waals surface area (Å²) < 4.78 is 19.5. The number of aliphatic hydroxyl groups excluding tert-OH is 1. The number of anilines is 1. The van der Waals surface area contributed by atoms with Crippen LogP contribution in [-0.4, -0.2) is 24.3 Å². The number of para-hydroxylation sites is 1. The summed E-state index contributed by atoms with van der Waals surface area (Å²) >= 11 is 0. The van der Waals surface area contributed by atoms with E-state index in [2.05, 4.69) is 0 Å². The number of aliphatic hydroxyl groups is 1. The number of nitrogens with zero attached hydrogens (tertiary/aromatic N) is 1. The molecule has 112 valence electrons. The van der Waals surface area contributed by atoms with Gasteiger partial charge in [0.1, 0.15) is 5.58 Å². The molecule has 0 spiro atoms. The van der Waals surface area contributed by atoms with E-state index in [0.29, 0.717) is 23.9 Å². The first kappa shape index (κ1) is 13.3. The molecule has 1 aliphatic heterocycles. The lowest BCUT2D eigenvalue weighted by molar-refractivity contribution is 0.198. The van der Waals surface area contributed by atoms with Gasteiger partial charge in [0.15, 0.2) is 11.4 Å². The van der Waals surface area contributed by atoms with E-state index in [9.17, 15) is 14.3 Å². The van der Waals surface area contributed by atoms with Gasteiger partial charge in [0.05, 0.1) is 16.9 Å². The summed E-state index contributed by atoms with van der Waals surface area (Å²) in [5, 5.41) is 10.3. The van der Waals surface area contributed by atoms with E-state index in [0.717, 1.165) is 12.2 Å². The molecular weight excluding hydrogens is 285 g/mol. The van der Waals surface area contributed by atoms with Crippen molar-refractivity contribution in [1.29, 1.82) is 0 Å². The largest absolute Gasteiger partial charge is 0.453 e. The number of fused-ring (bicyclic) bond motifs is 2. The van der Waals surface area contributed by atoms with Crippen LogP contribution in [0.5, 0.6) is 0 Å². The third-order valence-corrected chi connectivity index (χ3v) is 4.16. The van der Waals surface area contributed by atoms with Crippen molar-refractivity contribution < 1.29 is 13.9 Å². The number of β-amino-alcohol motifs (C(OH)–C–C–N with tert-alkyl or cyclic N) is 1. The summed E-state index contributed by atoms with van der Waals surface area (Å²) in [4.78, 5) is 14.5. The maximum absolute atomic E-state index is 13.9. The van der Waals surface area contributed by atoms with E-state index in [-0.39, 0.29) is 22.5 Å². The standard InChI is InChI=1S/C17H14FNO3/c18-14-3-1-2-13-16(21)12-5-4-10(8-15(12)22-17(13)14)19-7-6-11(20)9-19/h1-5,8,11,20H,6-7,9H2/t11-/m0/s1. The first-order chi connectivity index (χ1) is 10.6. The average molecular weight is 299 g/mol. The Kier molecular flexibility index (Phi) is 2.90. The zero-order valence-corrected chi connectivity index (χ0v) is 11.8. The van der Waals surface area contributed by atoms with Gasteiger partial charge in [-0.2, -0.15) is 0 Å². The number of hydrogen-bond acceptors (Lipinski definition) is 4. The fourth-order valence-electron chi connectivity index (χ4n) is 3.00. The maximum atomic E-state index is 13.9. The van der Waals surface area contributed by atoms with Gasteiger partial charge in [-0.05, 0) is 30.7 Å². The molecule has 2 aromatic carbocycles. The van der Waals surface area contributed by atoms with Gasteiger partial charge in [-0.1, -0.05) is 6.07 Å². The average Bonchev–Trinajstić information content (AvgIpc) is 2.95. The van der Waals surface area contributed by atoms with Crippen LogP contribution >= 0.6 is 0 Å². The van der Waals surface area contributed by atoms with Crippen molar-refractivity contribution >= 4 is 27.6 Å². The molecule has 0 unspecified atom stereocenters. The van der Waals surface area contributed by atoms with Crippen LogP contribution in [0.3, 0.4) is 0 Å². The highest BCUT2D eigenvalue weighted by atomic mass is 19.1. The van der Waals surface area contributed by atoms with Crippen LogP contribution in [0.4, 0.5) is 10.1 Å². The van der Waals surface area contributed by atoms with Crippen LogP contribution < -0.4 is 10.3 Å². The molecule has 1 aliphatic rings. The van der Waals surface area contributed by atoms with Gasteiger partial charge in [0, 0.05) is 24.8 Å². The van der Waals surface area contributed by atoms with Gasteiger partial charge in [0.25, 0.3) is 0 Å². The molecule has 22 heavy (non-hydrogen) atoms. The Morgan fingerprint density at radius 1 is 1.23 bits per heavy atom. The Morgan fingerprint density at radius 3 is 2.86 bits per heavy atom. The van der Waals surface area contributed by atoms with Gasteiger partial charge in [-0.15, -0.1) is 0 Å². The second-order valence-corrected chi connectivity index (χ2v) is 5.62. The molecule has 4 rings (SSSR count). The van der Waals surface area contributed by atoms with Crippen molar-refractivity contribution in [2.45, 2.75) is 12.5 Å². The first-order valence-electron chi connectivity index (χ1n) is 7.21. The van der Waals surface area contributed by atoms with E-state index < -0.39 is 5.82 Å². The van der Waals surface area contributed by atoms with E-state index in [4.69, 9.17) is 4.42 Å². The topological polar surface area (TPSA) is 53.7 Å². The summed E-state index contributed by atoms with van der Waals surface area (Å²) in [6.45, 7) is 1.30. The van der Waals surface area contributed by atoms with Crippen molar-refractivity contribution in [3.05, 3.63) is 52.4 Å². The molecular formula is C17H14FNO3. The highest BCUT2D eigenvalue weighted by Crippen LogP contribution is 2.27. The fourth-order valence-corrected chi connectivity index (χ4v) is 3.00. The molecule has 1 N–H and O–H groups in total. The Morgan fingerprint density at radius 2 is 2.09 bits per heavy atom. The summed E-state index contributed by atoms with van der Waals surface area (Å²) in [5.41, 5.74) is 0.978. The lowest BCUT2D eigenvalue weighted by Crippen LogP contribution is -2.21. The Bertz CT molecular complexity index is 934. The van der Waals surface area contributed by atoms with Crippen molar-refractivity contribution in [2.24, 2.45) is 0 Å². The molecule has 4 nitrogen and oxygen atoms in total. The molecule has 1 atom stereocenters. The maximum Gasteiger partial charge on any atom is 0.200 e. The quantitative estimate of drug-likeness (QED) is 0.702. The number of benzene rings is 2. The zero-order valence-electron chi connectivity index (χ0n) is 11.8. The molecule has 1 saturated heterocycles. The predicted octanol–water partition coefficient (Wildman–Crippen LogP) is 2.66. The van der Waals surface area contributed by atoms with Crippen molar-refractivity contribution in [2.75, 3.05) is 18.0 Å². The summed E-state index contributed by atoms with van der Waals surface area (Å²) in [6.07, 6.45) is 0.380. The molecule has 0 amide bonds. The lowest BCUT2D eigenvalue weighted by atomic mass is 10.1. The Balaban J connectivity index is 1.94. The molecule has 1 fully saturated rings. The Hall–Kier alpha value is -2.40. The Labute approximate surface area is 125 Å². The third kappa shape index (κ3) is 1.97. The van der Waals surface area contributed by atoms with E-state index in [1.807, 2.05) is 11.0 Å². The predicted molar refractivity (Wildman–Crippen MR) is 82.8 cm³/mol. The van der Waals surface area contributed by atoms with Gasteiger partial charge < -0.3 is 14.4 Å². The van der Waals surface area contributed by atoms with Crippen molar-refractivity contribution in [1.82, 2.24) is 0 Å².